The summed E-state index contributed by atoms with van der Waals surface area (Å²) >= 11 is 0. The number of aliphatic hydroxyl groups is 3. The van der Waals surface area contributed by atoms with Crippen LogP contribution in [0.5, 0.6) is 0 Å². The molecule has 4 aliphatic heterocycles. The molecule has 77 heavy (non-hydrogen) atoms. The van der Waals surface area contributed by atoms with Crippen molar-refractivity contribution in [2.75, 3.05) is 60.2 Å². The number of cyclic esters (lactones) is 1. The highest BCUT2D eigenvalue weighted by Crippen LogP contribution is 2.48. The number of hydrogen-bond acceptors (Lipinski definition) is 15. The number of hydrogen-bond donors (Lipinski definition) is 3. The second-order valence-electron chi connectivity index (χ2n) is 24.2. The summed E-state index contributed by atoms with van der Waals surface area (Å²) in [4.78, 5) is 75.5. The molecule has 4 heterocycles. The van der Waals surface area contributed by atoms with Crippen molar-refractivity contribution in [2.24, 2.45) is 40.9 Å². The zero-order valence-corrected chi connectivity index (χ0v) is 48.0. The summed E-state index contributed by atoms with van der Waals surface area (Å²) in [5, 5.41) is 33.4. The molecule has 2 saturated carbocycles. The van der Waals surface area contributed by atoms with Crippen molar-refractivity contribution in [1.82, 2.24) is 9.80 Å². The Morgan fingerprint density at radius 2 is 1.58 bits per heavy atom. The standard InChI is InChI=1S/C61H96N2O14/c1-39-17-11-10-12-18-40(2)51(75-30-28-64)35-47-22-20-45(7)61(71,77-47)57(68)58(69)63-27-14-13-19-48(63)59(70)76-52(36-49(65)41(3)32-44(6)55(67)56(73-9)54(66)43(5)31-39)42(4)33-46-21-23-50(53(34-46)72-8)74-29-16-26-62-37-60(38-62)24-15-25-60/h10-12,17-18,32,39,41-43,45-48,50-53,55-56,64,67,71H,13-16,19-31,33-38H2,1-9H3/b12-10+,17-11+,40-18+,44-32+/t39-,41-,42-,43-,45-,46+,47+,48?,50-,51?,52+,53-,55-,56+,61-/m1/s1. The molecule has 15 atom stereocenters. The van der Waals surface area contributed by atoms with Crippen LogP contribution in [0.1, 0.15) is 151 Å². The Kier molecular flexibility index (Phi) is 23.9. The van der Waals surface area contributed by atoms with Crippen LogP contribution in [0.2, 0.25) is 0 Å². The average Bonchev–Trinajstić information content (AvgIpc) is 3.40. The highest BCUT2D eigenvalue weighted by atomic mass is 16.6. The van der Waals surface area contributed by atoms with Gasteiger partial charge in [0.15, 0.2) is 5.78 Å². The zero-order chi connectivity index (χ0) is 56.0. The molecular weight excluding hydrogens is 985 g/mol. The van der Waals surface area contributed by atoms with Crippen molar-refractivity contribution in [3.05, 3.63) is 47.6 Å². The number of rotatable bonds is 13. The minimum Gasteiger partial charge on any atom is -0.460 e. The summed E-state index contributed by atoms with van der Waals surface area (Å²) in [7, 11) is 3.11. The van der Waals surface area contributed by atoms with E-state index in [0.29, 0.717) is 56.1 Å². The topological polar surface area (TPSA) is 208 Å². The Labute approximate surface area is 459 Å². The van der Waals surface area contributed by atoms with E-state index in [1.165, 1.54) is 44.4 Å². The molecule has 0 radical (unpaired) electrons. The SMILES string of the molecule is CO[C@@H]1C[C@H](C[C@@H](C)[C@@H]2CC(=O)[C@H](C)/C=C(\C)[C@@H](O)[C@@H](OC)C(=O)[C@H](C)C[C@H](C)/C=C/C=C/C=C(\C)C(OCCO)C[C@@H]3CC[C@@H](C)[C@@](O)(O3)C(=O)C(=O)N3CCCCC3C(=O)O2)CC[C@H]1OCCCN1CC2(CCC2)C1. The number of carbonyl (C=O) groups is 5. The molecule has 3 saturated heterocycles. The largest absolute Gasteiger partial charge is 0.460 e. The summed E-state index contributed by atoms with van der Waals surface area (Å²) in [5.74, 6) is -8.00. The van der Waals surface area contributed by atoms with Gasteiger partial charge in [-0.1, -0.05) is 77.5 Å². The first kappa shape index (κ1) is 62.7. The van der Waals surface area contributed by atoms with E-state index in [1.807, 2.05) is 58.1 Å². The lowest BCUT2D eigenvalue weighted by Crippen LogP contribution is -2.61. The fourth-order valence-electron chi connectivity index (χ4n) is 13.0. The van der Waals surface area contributed by atoms with Crippen LogP contribution in [0.25, 0.3) is 0 Å². The molecule has 3 N–H and O–H groups in total. The number of ether oxygens (including phenoxy) is 6. The lowest BCUT2D eigenvalue weighted by atomic mass is 9.63. The maximum Gasteiger partial charge on any atom is 0.329 e. The number of carbonyl (C=O) groups excluding carboxylic acids is 5. The smallest absolute Gasteiger partial charge is 0.329 e. The van der Waals surface area contributed by atoms with Gasteiger partial charge in [0, 0.05) is 77.6 Å². The normalized spacial score (nSPS) is 38.5. The molecular formula is C61H96N2O14. The Balaban J connectivity index is 1.23. The van der Waals surface area contributed by atoms with Gasteiger partial charge >= 0.3 is 5.97 Å². The van der Waals surface area contributed by atoms with E-state index in [4.69, 9.17) is 28.4 Å². The van der Waals surface area contributed by atoms with E-state index in [1.54, 1.807) is 34.0 Å². The summed E-state index contributed by atoms with van der Waals surface area (Å²) in [6, 6.07) is -1.15. The highest BCUT2D eigenvalue weighted by molar-refractivity contribution is 6.39. The van der Waals surface area contributed by atoms with Crippen LogP contribution in [-0.2, 0) is 52.4 Å². The van der Waals surface area contributed by atoms with Crippen LogP contribution >= 0.6 is 0 Å². The molecule has 1 amide bonds. The van der Waals surface area contributed by atoms with Gasteiger partial charge in [0.05, 0.1) is 37.6 Å². The van der Waals surface area contributed by atoms with Crippen LogP contribution < -0.4 is 0 Å². The lowest BCUT2D eigenvalue weighted by molar-refractivity contribution is -0.266. The van der Waals surface area contributed by atoms with E-state index in [-0.39, 0.29) is 80.5 Å². The Morgan fingerprint density at radius 3 is 2.27 bits per heavy atom. The number of amides is 1. The van der Waals surface area contributed by atoms with Gasteiger partial charge in [-0.2, -0.15) is 0 Å². The van der Waals surface area contributed by atoms with Crippen molar-refractivity contribution in [2.45, 2.75) is 206 Å². The number of ketones is 3. The molecule has 2 unspecified atom stereocenters. The molecule has 2 aliphatic carbocycles. The van der Waals surface area contributed by atoms with Crippen molar-refractivity contribution in [3.8, 4) is 0 Å². The minimum atomic E-state index is -2.48. The molecule has 0 aromatic carbocycles. The maximum absolute atomic E-state index is 14.7. The fourth-order valence-corrected chi connectivity index (χ4v) is 13.0. The molecule has 6 rings (SSSR count). The summed E-state index contributed by atoms with van der Waals surface area (Å²) in [6.07, 6.45) is 17.1. The molecule has 1 spiro atoms. The number of aliphatic hydroxyl groups excluding tert-OH is 2. The molecule has 434 valence electrons. The number of methoxy groups -OCH3 is 2. The average molecular weight is 1080 g/mol. The van der Waals surface area contributed by atoms with Crippen molar-refractivity contribution in [3.63, 3.8) is 0 Å². The zero-order valence-electron chi connectivity index (χ0n) is 48.0. The first-order valence-electron chi connectivity index (χ1n) is 29.2. The molecule has 0 aromatic heterocycles. The first-order valence-corrected chi connectivity index (χ1v) is 29.2. The number of nitrogens with zero attached hydrogens (tertiary/aromatic N) is 2. The van der Waals surface area contributed by atoms with Gasteiger partial charge in [-0.05, 0) is 132 Å². The van der Waals surface area contributed by atoms with Gasteiger partial charge in [0.2, 0.25) is 5.79 Å². The molecule has 16 nitrogen and oxygen atoms in total. The van der Waals surface area contributed by atoms with Gasteiger partial charge in [-0.25, -0.2) is 4.79 Å². The van der Waals surface area contributed by atoms with E-state index < -0.39 is 77.8 Å². The van der Waals surface area contributed by atoms with Gasteiger partial charge in [-0.15, -0.1) is 0 Å². The second kappa shape index (κ2) is 29.3. The third-order valence-corrected chi connectivity index (χ3v) is 18.1. The summed E-state index contributed by atoms with van der Waals surface area (Å²) in [5.41, 5.74) is 1.80. The minimum absolute atomic E-state index is 0.00612. The van der Waals surface area contributed by atoms with E-state index in [2.05, 4.69) is 4.90 Å². The fraction of sp³-hybridized carbons (Fsp3) is 0.787. The number of allylic oxidation sites excluding steroid dienone is 6. The second-order valence-corrected chi connectivity index (χ2v) is 24.2. The quantitative estimate of drug-likeness (QED) is 0.0709. The van der Waals surface area contributed by atoms with Crippen molar-refractivity contribution in [1.29, 1.82) is 0 Å². The Hall–Kier alpha value is -3.45. The number of likely N-dealkylation sites (tertiary alicyclic amines) is 1. The van der Waals surface area contributed by atoms with E-state index >= 15 is 0 Å². The predicted octanol–water partition coefficient (Wildman–Crippen LogP) is 7.44. The van der Waals surface area contributed by atoms with Gasteiger partial charge in [0.1, 0.15) is 30.1 Å². The van der Waals surface area contributed by atoms with Gasteiger partial charge in [0.25, 0.3) is 11.7 Å². The van der Waals surface area contributed by atoms with Crippen molar-refractivity contribution >= 4 is 29.2 Å². The lowest BCUT2D eigenvalue weighted by Gasteiger charge is -2.56. The number of fused-ring (bicyclic) bond motifs is 3. The van der Waals surface area contributed by atoms with Gasteiger partial charge < -0.3 is 53.5 Å². The van der Waals surface area contributed by atoms with E-state index in [9.17, 15) is 39.3 Å². The van der Waals surface area contributed by atoms with Crippen LogP contribution in [0.3, 0.4) is 0 Å². The van der Waals surface area contributed by atoms with Crippen molar-refractivity contribution < 1.29 is 67.7 Å². The molecule has 6 aliphatic rings. The number of Topliss-reactive ketones (excluding diaryl/α,β-unsaturated/α-hetero) is 3. The summed E-state index contributed by atoms with van der Waals surface area (Å²) < 4.78 is 36.8. The predicted molar refractivity (Wildman–Crippen MR) is 292 cm³/mol. The molecule has 0 aromatic rings. The number of esters is 1. The molecule has 5 fully saturated rings. The van der Waals surface area contributed by atoms with E-state index in [0.717, 1.165) is 37.8 Å². The molecule has 16 heteroatoms. The van der Waals surface area contributed by atoms with Crippen LogP contribution in [0, 0.1) is 40.9 Å². The third-order valence-electron chi connectivity index (χ3n) is 18.1. The maximum atomic E-state index is 14.7. The Bertz CT molecular complexity index is 2090. The summed E-state index contributed by atoms with van der Waals surface area (Å²) in [6.45, 7) is 16.8. The molecule has 2 bridgehead atoms. The van der Waals surface area contributed by atoms with Gasteiger partial charge in [-0.3, -0.25) is 19.2 Å². The number of piperidine rings is 1. The highest BCUT2D eigenvalue weighted by Gasteiger charge is 2.53. The van der Waals surface area contributed by atoms with Crippen LogP contribution in [-0.4, -0.2) is 169 Å². The first-order chi connectivity index (χ1) is 36.7. The van der Waals surface area contributed by atoms with Crippen LogP contribution in [0.4, 0.5) is 0 Å². The third kappa shape index (κ3) is 16.6. The Morgan fingerprint density at radius 1 is 0.831 bits per heavy atom. The van der Waals surface area contributed by atoms with Crippen LogP contribution in [0.15, 0.2) is 47.6 Å². The monoisotopic (exact) mass is 1080 g/mol.